The van der Waals surface area contributed by atoms with E-state index in [2.05, 4.69) is 0 Å². The summed E-state index contributed by atoms with van der Waals surface area (Å²) in [5, 5.41) is 36.3. The molecule has 0 amide bonds. The Balaban J connectivity index is 3.00. The molecular weight excluding hydrogens is 223 g/mol. The van der Waals surface area contributed by atoms with Gasteiger partial charge in [0.15, 0.2) is 0 Å². The number of carbonyl (C=O) groups excluding carboxylic acids is 1. The molecule has 4 atom stereocenters. The first-order valence-corrected chi connectivity index (χ1v) is 4.20. The van der Waals surface area contributed by atoms with E-state index in [0.717, 1.165) is 0 Å². The van der Waals surface area contributed by atoms with Gasteiger partial charge < -0.3 is 20.4 Å². The zero-order valence-electron chi connectivity index (χ0n) is 6.26. The van der Waals surface area contributed by atoms with Crippen molar-refractivity contribution in [1.29, 1.82) is 0 Å². The molecule has 4 unspecified atom stereocenters. The number of aliphatic hydroxyl groups is 4. The summed E-state index contributed by atoms with van der Waals surface area (Å²) in [6.07, 6.45) is -7.22. The minimum Gasteiger partial charge on any atom is -0.387 e. The first kappa shape index (κ1) is 11.2. The Hall–Kier alpha value is 0.0900. The average Bonchev–Trinajstić information content (AvgIpc) is 2.09. The molecule has 0 saturated heterocycles. The fourth-order valence-electron chi connectivity index (χ4n) is 1.09. The maximum atomic E-state index is 11.1. The third-order valence-electron chi connectivity index (χ3n) is 1.97. The zero-order chi connectivity index (χ0) is 10.4. The molecule has 7 heteroatoms. The number of alkyl halides is 2. The lowest BCUT2D eigenvalue weighted by atomic mass is 9.88. The van der Waals surface area contributed by atoms with Gasteiger partial charge in [0.25, 0.3) is 0 Å². The van der Waals surface area contributed by atoms with Crippen LogP contribution in [0.5, 0.6) is 0 Å². The summed E-state index contributed by atoms with van der Waals surface area (Å²) >= 11 is 10.7. The largest absolute Gasteiger partial charge is 0.387 e. The van der Waals surface area contributed by atoms with Crippen molar-refractivity contribution in [3.05, 3.63) is 0 Å². The van der Waals surface area contributed by atoms with Crippen molar-refractivity contribution in [2.45, 2.75) is 28.7 Å². The molecule has 0 bridgehead atoms. The Morgan fingerprint density at radius 3 is 2.00 bits per heavy atom. The molecule has 1 aliphatic carbocycles. The fraction of sp³-hybridized carbons (Fsp3) is 0.833. The molecule has 1 fully saturated rings. The summed E-state index contributed by atoms with van der Waals surface area (Å²) < 4.78 is -2.28. The van der Waals surface area contributed by atoms with Crippen LogP contribution in [-0.2, 0) is 4.79 Å². The van der Waals surface area contributed by atoms with E-state index >= 15 is 0 Å². The van der Waals surface area contributed by atoms with Crippen LogP contribution in [-0.4, -0.2) is 55.0 Å². The van der Waals surface area contributed by atoms with Gasteiger partial charge in [0.2, 0.25) is 10.1 Å². The van der Waals surface area contributed by atoms with E-state index in [-0.39, 0.29) is 0 Å². The van der Waals surface area contributed by atoms with Crippen LogP contribution in [0.25, 0.3) is 0 Å². The highest BCUT2D eigenvalue weighted by molar-refractivity contribution is 6.59. The van der Waals surface area contributed by atoms with E-state index in [4.69, 9.17) is 43.6 Å². The lowest BCUT2D eigenvalue weighted by molar-refractivity contribution is -0.164. The molecule has 4 N–H and O–H groups in total. The molecule has 1 saturated carbocycles. The van der Waals surface area contributed by atoms with Gasteiger partial charge in [-0.3, -0.25) is 4.79 Å². The summed E-state index contributed by atoms with van der Waals surface area (Å²) in [4.78, 5) is 11.1. The Morgan fingerprint density at radius 2 is 1.54 bits per heavy atom. The third kappa shape index (κ3) is 1.56. The number of carbonyl (C=O) groups is 1. The molecule has 76 valence electrons. The third-order valence-corrected chi connectivity index (χ3v) is 2.79. The van der Waals surface area contributed by atoms with E-state index in [1.54, 1.807) is 0 Å². The van der Waals surface area contributed by atoms with Crippen molar-refractivity contribution >= 4 is 29.0 Å². The molecule has 1 aliphatic rings. The summed E-state index contributed by atoms with van der Waals surface area (Å²) in [6, 6.07) is 0. The van der Waals surface area contributed by atoms with Gasteiger partial charge in [-0.1, -0.05) is 23.2 Å². The van der Waals surface area contributed by atoms with E-state index < -0.39 is 34.5 Å². The SMILES string of the molecule is O=C1C(O)C(O)C(O)C(O)C1(Cl)Cl. The molecule has 0 aromatic heterocycles. The van der Waals surface area contributed by atoms with Crippen LogP contribution in [0, 0.1) is 0 Å². The number of rotatable bonds is 0. The second kappa shape index (κ2) is 3.34. The number of aliphatic hydroxyl groups excluding tert-OH is 4. The van der Waals surface area contributed by atoms with Crippen molar-refractivity contribution in [3.8, 4) is 0 Å². The molecule has 0 spiro atoms. The Bertz CT molecular complexity index is 231. The summed E-state index contributed by atoms with van der Waals surface area (Å²) in [5.74, 6) is -1.12. The Morgan fingerprint density at radius 1 is 1.08 bits per heavy atom. The van der Waals surface area contributed by atoms with Crippen molar-refractivity contribution in [3.63, 3.8) is 0 Å². The molecular formula is C6H8Cl2O5. The lowest BCUT2D eigenvalue weighted by Crippen LogP contribution is -2.64. The first-order valence-electron chi connectivity index (χ1n) is 3.44. The Kier molecular flexibility index (Phi) is 2.87. The molecule has 5 nitrogen and oxygen atoms in total. The van der Waals surface area contributed by atoms with Crippen molar-refractivity contribution in [2.24, 2.45) is 0 Å². The minimum atomic E-state index is -2.28. The van der Waals surface area contributed by atoms with Crippen LogP contribution < -0.4 is 0 Å². The van der Waals surface area contributed by atoms with Gasteiger partial charge in [-0.25, -0.2) is 0 Å². The lowest BCUT2D eigenvalue weighted by Gasteiger charge is -2.38. The number of ketones is 1. The van der Waals surface area contributed by atoms with E-state index in [1.165, 1.54) is 0 Å². The molecule has 0 aliphatic heterocycles. The van der Waals surface area contributed by atoms with Gasteiger partial charge >= 0.3 is 0 Å². The van der Waals surface area contributed by atoms with Crippen LogP contribution in [0.3, 0.4) is 0 Å². The summed E-state index contributed by atoms with van der Waals surface area (Å²) in [5.41, 5.74) is 0. The molecule has 0 aromatic rings. The highest BCUT2D eigenvalue weighted by atomic mass is 35.5. The van der Waals surface area contributed by atoms with E-state index in [1.807, 2.05) is 0 Å². The predicted molar refractivity (Wildman–Crippen MR) is 43.5 cm³/mol. The van der Waals surface area contributed by atoms with E-state index in [9.17, 15) is 4.79 Å². The van der Waals surface area contributed by atoms with Gasteiger partial charge in [0.1, 0.15) is 24.4 Å². The standard InChI is InChI=1S/C6H8Cl2O5/c7-6(8)4(12)2(10)1(9)3(11)5(6)13/h1-4,9-12H. The van der Waals surface area contributed by atoms with Crippen LogP contribution in [0.4, 0.5) is 0 Å². The maximum Gasteiger partial charge on any atom is 0.206 e. The van der Waals surface area contributed by atoms with Gasteiger partial charge in [0, 0.05) is 0 Å². The highest BCUT2D eigenvalue weighted by Gasteiger charge is 2.56. The number of hydrogen-bond acceptors (Lipinski definition) is 5. The van der Waals surface area contributed by atoms with Gasteiger partial charge in [-0.05, 0) is 0 Å². The fourth-order valence-corrected chi connectivity index (χ4v) is 1.57. The second-order valence-corrected chi connectivity index (χ2v) is 4.24. The summed E-state index contributed by atoms with van der Waals surface area (Å²) in [6.45, 7) is 0. The quantitative estimate of drug-likeness (QED) is 0.368. The molecule has 0 radical (unpaired) electrons. The van der Waals surface area contributed by atoms with Gasteiger partial charge in [-0.15, -0.1) is 0 Å². The van der Waals surface area contributed by atoms with Gasteiger partial charge in [-0.2, -0.15) is 0 Å². The molecule has 1 rings (SSSR count). The summed E-state index contributed by atoms with van der Waals surface area (Å²) in [7, 11) is 0. The average molecular weight is 231 g/mol. The van der Waals surface area contributed by atoms with Crippen molar-refractivity contribution in [1.82, 2.24) is 0 Å². The van der Waals surface area contributed by atoms with Crippen LogP contribution in [0.15, 0.2) is 0 Å². The number of hydrogen-bond donors (Lipinski definition) is 4. The van der Waals surface area contributed by atoms with Crippen molar-refractivity contribution in [2.75, 3.05) is 0 Å². The maximum absolute atomic E-state index is 11.1. The van der Waals surface area contributed by atoms with Gasteiger partial charge in [0.05, 0.1) is 0 Å². The zero-order valence-corrected chi connectivity index (χ0v) is 7.77. The van der Waals surface area contributed by atoms with Crippen LogP contribution in [0.1, 0.15) is 0 Å². The Labute approximate surface area is 83.5 Å². The van der Waals surface area contributed by atoms with E-state index in [0.29, 0.717) is 0 Å². The minimum absolute atomic E-state index is 1.12. The molecule has 0 heterocycles. The first-order chi connectivity index (χ1) is 5.80. The predicted octanol–water partition coefficient (Wildman–Crippen LogP) is -1.81. The topological polar surface area (TPSA) is 98.0 Å². The monoisotopic (exact) mass is 230 g/mol. The second-order valence-electron chi connectivity index (χ2n) is 2.86. The normalized spacial score (nSPS) is 44.9. The molecule has 0 aromatic carbocycles. The smallest absolute Gasteiger partial charge is 0.206 e. The van der Waals surface area contributed by atoms with Crippen LogP contribution in [0.2, 0.25) is 0 Å². The number of Topliss-reactive ketones (excluding diaryl/α,β-unsaturated/α-hetero) is 1. The number of halogens is 2. The van der Waals surface area contributed by atoms with Crippen molar-refractivity contribution < 1.29 is 25.2 Å². The molecule has 13 heavy (non-hydrogen) atoms. The van der Waals surface area contributed by atoms with Crippen LogP contribution >= 0.6 is 23.2 Å². The highest BCUT2D eigenvalue weighted by Crippen LogP contribution is 2.35.